The first-order valence-corrected chi connectivity index (χ1v) is 3.83. The van der Waals surface area contributed by atoms with Gasteiger partial charge < -0.3 is 107 Å². The Labute approximate surface area is 196 Å². The number of hydrogen-bond acceptors (Lipinski definition) is 21. The summed E-state index contributed by atoms with van der Waals surface area (Å²) in [5.41, 5.74) is 0. The van der Waals surface area contributed by atoms with Crippen LogP contribution < -0.4 is 0 Å². The Balaban J connectivity index is -0.0000000204. The molecule has 0 atom stereocenters. The van der Waals surface area contributed by atoms with Crippen molar-refractivity contribution < 1.29 is 71.9 Å². The van der Waals surface area contributed by atoms with Crippen molar-refractivity contribution >= 4 is 17.4 Å². The average Bonchev–Trinajstić information content (AvgIpc) is 2.20. The van der Waals surface area contributed by atoms with Crippen molar-refractivity contribution in [2.24, 2.45) is 0 Å². The summed E-state index contributed by atoms with van der Waals surface area (Å²) >= 11 is 0. The molecule has 0 rings (SSSR count). The van der Waals surface area contributed by atoms with Gasteiger partial charge in [-0.25, -0.2) is 0 Å². The molecule has 0 aliphatic heterocycles. The van der Waals surface area contributed by atoms with E-state index in [0.717, 1.165) is 0 Å². The molecule has 0 heterocycles. The Hall–Kier alpha value is -3.94. The van der Waals surface area contributed by atoms with E-state index in [-0.39, 0.29) is 53.6 Å². The molecule has 0 bridgehead atoms. The summed E-state index contributed by atoms with van der Waals surface area (Å²) in [6, 6.07) is 0. The van der Waals surface area contributed by atoms with Crippen molar-refractivity contribution in [1.29, 1.82) is 0 Å². The summed E-state index contributed by atoms with van der Waals surface area (Å²) in [7, 11) is 0. The SMILES string of the molecule is O=[N+]([O-])[O-].O=[N+]([O-])[O-].O=[N+]([O-])[O-].O=[N+]([O-])[O-].O=[N+]([O-])[O-].O=[N+]([O-])[O-].O=[N+]([O-])[O-].[Al+3].[Co+2].[Zn+2]. The van der Waals surface area contributed by atoms with E-state index in [0.29, 0.717) is 0 Å². The Morgan fingerprint density at radius 1 is 0.290 bits per heavy atom. The van der Waals surface area contributed by atoms with Gasteiger partial charge in [-0.1, -0.05) is 0 Å². The zero-order chi connectivity index (χ0) is 25.0. The molecule has 0 saturated carbocycles. The fourth-order valence-corrected chi connectivity index (χ4v) is 0. The maximum absolute atomic E-state index is 8.25. The van der Waals surface area contributed by atoms with E-state index in [2.05, 4.69) is 0 Å². The van der Waals surface area contributed by atoms with Gasteiger partial charge in [0.05, 0.1) is 35.6 Å². The second-order valence-corrected chi connectivity index (χ2v) is 1.57. The van der Waals surface area contributed by atoms with Crippen molar-refractivity contribution in [1.82, 2.24) is 0 Å². The van der Waals surface area contributed by atoms with E-state index < -0.39 is 35.6 Å². The largest absolute Gasteiger partial charge is 3.00 e. The van der Waals surface area contributed by atoms with Gasteiger partial charge in [0.1, 0.15) is 0 Å². The third kappa shape index (κ3) is 973. The molecule has 0 N–H and O–H groups in total. The van der Waals surface area contributed by atoms with Crippen LogP contribution in [0.15, 0.2) is 0 Å². The molecule has 0 aromatic rings. The molecule has 31 heteroatoms. The van der Waals surface area contributed by atoms with Gasteiger partial charge in [-0.2, -0.15) is 0 Å². The fourth-order valence-electron chi connectivity index (χ4n) is 0. The Morgan fingerprint density at radius 3 is 0.290 bits per heavy atom. The summed E-state index contributed by atoms with van der Waals surface area (Å²) in [6.45, 7) is 0. The third-order valence-corrected chi connectivity index (χ3v) is 0. The smallest absolute Gasteiger partial charge is 0.356 e. The molecular formula is AlCoN7O21Zn. The second-order valence-electron chi connectivity index (χ2n) is 1.57. The van der Waals surface area contributed by atoms with E-state index in [1.165, 1.54) is 0 Å². The van der Waals surface area contributed by atoms with E-state index in [1.807, 2.05) is 0 Å². The number of hydrogen-bond donors (Lipinski definition) is 0. The minimum absolute atomic E-state index is 0. The maximum Gasteiger partial charge on any atom is 3.00 e. The Morgan fingerprint density at radius 2 is 0.290 bits per heavy atom. The van der Waals surface area contributed by atoms with E-state index in [9.17, 15) is 0 Å². The van der Waals surface area contributed by atoms with Crippen LogP contribution in [0.3, 0.4) is 0 Å². The summed E-state index contributed by atoms with van der Waals surface area (Å²) < 4.78 is 0. The Kier molecular flexibility index (Phi) is 115. The van der Waals surface area contributed by atoms with Crippen LogP contribution in [0, 0.1) is 107 Å². The van der Waals surface area contributed by atoms with Crippen molar-refractivity contribution in [2.45, 2.75) is 0 Å². The zero-order valence-electron chi connectivity index (χ0n) is 13.3. The van der Waals surface area contributed by atoms with Crippen molar-refractivity contribution in [3.05, 3.63) is 107 Å². The van der Waals surface area contributed by atoms with Crippen LogP contribution in [0.25, 0.3) is 0 Å². The average molecular weight is 585 g/mol. The topological polar surface area (TPSA) is 463 Å². The van der Waals surface area contributed by atoms with E-state index in [1.54, 1.807) is 0 Å². The minimum Gasteiger partial charge on any atom is -0.356 e. The van der Waals surface area contributed by atoms with Gasteiger partial charge in [0, 0.05) is 0 Å². The molecule has 0 amide bonds. The van der Waals surface area contributed by atoms with Crippen LogP contribution in [0.2, 0.25) is 0 Å². The van der Waals surface area contributed by atoms with Gasteiger partial charge in [-0.05, 0) is 0 Å². The van der Waals surface area contributed by atoms with Gasteiger partial charge >= 0.3 is 53.6 Å². The normalized spacial score (nSPS) is 5.42. The maximum atomic E-state index is 8.25. The number of rotatable bonds is 0. The fraction of sp³-hybridized carbons (Fsp3) is 0. The summed E-state index contributed by atoms with van der Waals surface area (Å²) in [6.07, 6.45) is 0. The summed E-state index contributed by atoms with van der Waals surface area (Å²) in [5, 5.41) is 103. The molecule has 175 valence electrons. The molecule has 0 aromatic carbocycles. The van der Waals surface area contributed by atoms with Crippen LogP contribution in [0.1, 0.15) is 0 Å². The molecule has 0 aliphatic carbocycles. The molecule has 28 nitrogen and oxygen atoms in total. The van der Waals surface area contributed by atoms with Gasteiger partial charge in [-0.15, -0.1) is 0 Å². The van der Waals surface area contributed by atoms with Crippen molar-refractivity contribution in [3.8, 4) is 0 Å². The summed E-state index contributed by atoms with van der Waals surface area (Å²) in [4.78, 5) is 57.8. The Bertz CT molecular complexity index is 321. The molecule has 0 saturated heterocycles. The van der Waals surface area contributed by atoms with Gasteiger partial charge in [0.2, 0.25) is 0 Å². The van der Waals surface area contributed by atoms with E-state index >= 15 is 0 Å². The second kappa shape index (κ2) is 56.2. The molecular weight excluding hydrogens is 585 g/mol. The van der Waals surface area contributed by atoms with Gasteiger partial charge in [-0.3, -0.25) is 0 Å². The number of nitrogens with zero attached hydrogens (tertiary/aromatic N) is 7. The van der Waals surface area contributed by atoms with Crippen LogP contribution in [0.4, 0.5) is 0 Å². The first-order valence-electron chi connectivity index (χ1n) is 3.83. The van der Waals surface area contributed by atoms with Gasteiger partial charge in [0.15, 0.2) is 0 Å². The predicted molar refractivity (Wildman–Crippen MR) is 78.3 cm³/mol. The molecule has 0 fully saturated rings. The van der Waals surface area contributed by atoms with E-state index in [4.69, 9.17) is 107 Å². The first kappa shape index (κ1) is 63.1. The molecule has 0 aromatic heterocycles. The quantitative estimate of drug-likeness (QED) is 0.167. The predicted octanol–water partition coefficient (Wildman–Crippen LogP) is -2.06. The third-order valence-electron chi connectivity index (χ3n) is 0. The zero-order valence-corrected chi connectivity index (χ0v) is 18.5. The van der Waals surface area contributed by atoms with Gasteiger partial charge in [0.25, 0.3) is 0 Å². The van der Waals surface area contributed by atoms with Crippen molar-refractivity contribution in [2.75, 3.05) is 0 Å². The van der Waals surface area contributed by atoms with Crippen LogP contribution in [0.5, 0.6) is 0 Å². The standard InChI is InChI=1S/Al.Co.7NO3.Zn/c;;7*2-1(3)4;/q+3;+2;7*-1;+2. The molecule has 0 unspecified atom stereocenters. The van der Waals surface area contributed by atoms with Crippen LogP contribution in [-0.2, 0) is 36.3 Å². The first-order chi connectivity index (χ1) is 12.1. The molecule has 0 aliphatic rings. The summed E-state index contributed by atoms with van der Waals surface area (Å²) in [5.74, 6) is 0. The molecule has 0 spiro atoms. The molecule has 31 heavy (non-hydrogen) atoms. The monoisotopic (exact) mass is 584 g/mol. The van der Waals surface area contributed by atoms with Crippen LogP contribution in [-0.4, -0.2) is 53.0 Å². The van der Waals surface area contributed by atoms with Crippen LogP contribution >= 0.6 is 0 Å². The van der Waals surface area contributed by atoms with Crippen molar-refractivity contribution in [3.63, 3.8) is 0 Å². The molecule has 1 radical (unpaired) electrons. The minimum atomic E-state index is -1.75.